The fourth-order valence-electron chi connectivity index (χ4n) is 2.18. The number of hydrogen-bond acceptors (Lipinski definition) is 4. The van der Waals surface area contributed by atoms with Gasteiger partial charge in [-0.25, -0.2) is 9.97 Å². The highest BCUT2D eigenvalue weighted by atomic mass is 16.5. The predicted molar refractivity (Wildman–Crippen MR) is 87.0 cm³/mol. The first kappa shape index (κ1) is 15.3. The molecule has 1 N–H and O–H groups in total. The molecule has 0 amide bonds. The molecule has 2 aromatic rings. The Bertz CT molecular complexity index is 623. The second-order valence-corrected chi connectivity index (χ2v) is 5.36. The van der Waals surface area contributed by atoms with E-state index >= 15 is 0 Å². The molecule has 1 aromatic carbocycles. The molecule has 0 fully saturated rings. The normalized spacial score (nSPS) is 10.8. The van der Waals surface area contributed by atoms with E-state index in [1.807, 2.05) is 18.2 Å². The minimum atomic E-state index is 0.293. The molecule has 4 heteroatoms. The average Bonchev–Trinajstić information content (AvgIpc) is 2.47. The van der Waals surface area contributed by atoms with Crippen LogP contribution in [-0.4, -0.2) is 23.6 Å². The summed E-state index contributed by atoms with van der Waals surface area (Å²) < 4.78 is 5.27. The third-order valence-electron chi connectivity index (χ3n) is 3.33. The van der Waals surface area contributed by atoms with Crippen molar-refractivity contribution < 1.29 is 4.74 Å². The van der Waals surface area contributed by atoms with Gasteiger partial charge in [-0.05, 0) is 37.6 Å². The predicted octanol–water partition coefficient (Wildman–Crippen LogP) is 4.02. The summed E-state index contributed by atoms with van der Waals surface area (Å²) in [7, 11) is 1.68. The first-order valence-corrected chi connectivity index (χ1v) is 7.33. The number of anilines is 1. The summed E-state index contributed by atoms with van der Waals surface area (Å²) in [5.41, 5.74) is 3.20. The zero-order valence-electron chi connectivity index (χ0n) is 13.4. The van der Waals surface area contributed by atoms with Crippen molar-refractivity contribution in [3.8, 4) is 17.0 Å². The maximum atomic E-state index is 5.27. The van der Waals surface area contributed by atoms with Gasteiger partial charge in [0.15, 0.2) is 0 Å². The summed E-state index contributed by atoms with van der Waals surface area (Å²) in [5.74, 6) is 2.89. The Hall–Kier alpha value is -2.10. The summed E-state index contributed by atoms with van der Waals surface area (Å²) in [4.78, 5) is 9.27. The molecule has 21 heavy (non-hydrogen) atoms. The van der Waals surface area contributed by atoms with Crippen molar-refractivity contribution in [2.75, 3.05) is 19.0 Å². The van der Waals surface area contributed by atoms with Crippen LogP contribution in [0.1, 0.15) is 38.1 Å². The molecule has 112 valence electrons. The fourth-order valence-corrected chi connectivity index (χ4v) is 2.18. The number of methoxy groups -OCH3 is 1. The second kappa shape index (κ2) is 6.57. The molecule has 1 heterocycles. The molecule has 4 nitrogen and oxygen atoms in total. The first-order chi connectivity index (χ1) is 10.0. The molecule has 0 radical (unpaired) electrons. The lowest BCUT2D eigenvalue weighted by Gasteiger charge is -2.13. The Labute approximate surface area is 126 Å². The van der Waals surface area contributed by atoms with Gasteiger partial charge in [-0.2, -0.15) is 0 Å². The van der Waals surface area contributed by atoms with Crippen LogP contribution in [0.25, 0.3) is 11.3 Å². The Morgan fingerprint density at radius 2 is 1.95 bits per heavy atom. The van der Waals surface area contributed by atoms with E-state index < -0.39 is 0 Å². The number of ether oxygens (including phenoxy) is 1. The molecule has 0 aliphatic carbocycles. The van der Waals surface area contributed by atoms with Gasteiger partial charge < -0.3 is 10.1 Å². The first-order valence-electron chi connectivity index (χ1n) is 7.33. The van der Waals surface area contributed by atoms with Gasteiger partial charge in [-0.1, -0.05) is 13.8 Å². The summed E-state index contributed by atoms with van der Waals surface area (Å²) in [6.07, 6.45) is 0. The van der Waals surface area contributed by atoms with E-state index in [1.54, 1.807) is 7.11 Å². The third-order valence-corrected chi connectivity index (χ3v) is 3.33. The van der Waals surface area contributed by atoms with Crippen molar-refractivity contribution in [2.45, 2.75) is 33.6 Å². The number of benzene rings is 1. The van der Waals surface area contributed by atoms with Gasteiger partial charge >= 0.3 is 0 Å². The number of nitrogens with one attached hydrogen (secondary N) is 1. The van der Waals surface area contributed by atoms with Crippen LogP contribution in [0.3, 0.4) is 0 Å². The van der Waals surface area contributed by atoms with E-state index in [-0.39, 0.29) is 0 Å². The molecular formula is C17H23N3O. The maximum absolute atomic E-state index is 5.27. The highest BCUT2D eigenvalue weighted by Crippen LogP contribution is 2.28. The van der Waals surface area contributed by atoms with Crippen LogP contribution in [0.15, 0.2) is 24.3 Å². The smallest absolute Gasteiger partial charge is 0.133 e. The maximum Gasteiger partial charge on any atom is 0.133 e. The Morgan fingerprint density at radius 3 is 2.52 bits per heavy atom. The summed E-state index contributed by atoms with van der Waals surface area (Å²) in [6.45, 7) is 9.19. The van der Waals surface area contributed by atoms with E-state index in [0.29, 0.717) is 5.92 Å². The monoisotopic (exact) mass is 285 g/mol. The van der Waals surface area contributed by atoms with Gasteiger partial charge in [-0.3, -0.25) is 0 Å². The van der Waals surface area contributed by atoms with Gasteiger partial charge in [0.25, 0.3) is 0 Å². The van der Waals surface area contributed by atoms with Crippen molar-refractivity contribution in [3.63, 3.8) is 0 Å². The molecule has 2 rings (SSSR count). The second-order valence-electron chi connectivity index (χ2n) is 5.36. The van der Waals surface area contributed by atoms with Gasteiger partial charge in [0.1, 0.15) is 17.4 Å². The molecule has 0 saturated heterocycles. The standard InChI is InChI=1S/C17H23N3O/c1-6-18-16-10-15(19-17(20-16)11(2)3)14-8-7-13(21-5)9-12(14)4/h7-11H,6H2,1-5H3,(H,18,19,20). The van der Waals surface area contributed by atoms with Crippen LogP contribution in [0.5, 0.6) is 5.75 Å². The minimum absolute atomic E-state index is 0.293. The van der Waals surface area contributed by atoms with Crippen LogP contribution in [0, 0.1) is 6.92 Å². The number of nitrogens with zero attached hydrogens (tertiary/aromatic N) is 2. The van der Waals surface area contributed by atoms with E-state index in [1.165, 1.54) is 0 Å². The summed E-state index contributed by atoms with van der Waals surface area (Å²) in [6, 6.07) is 8.05. The molecule has 0 aliphatic heterocycles. The Morgan fingerprint density at radius 1 is 1.19 bits per heavy atom. The Kier molecular flexibility index (Phi) is 4.78. The van der Waals surface area contributed by atoms with Crippen molar-refractivity contribution in [2.24, 2.45) is 0 Å². The van der Waals surface area contributed by atoms with Crippen molar-refractivity contribution >= 4 is 5.82 Å². The van der Waals surface area contributed by atoms with E-state index in [2.05, 4.69) is 44.1 Å². The number of aryl methyl sites for hydroxylation is 1. The SMILES string of the molecule is CCNc1cc(-c2ccc(OC)cc2C)nc(C(C)C)n1. The Balaban J connectivity index is 2.51. The van der Waals surface area contributed by atoms with Crippen LogP contribution in [-0.2, 0) is 0 Å². The molecule has 0 spiro atoms. The highest BCUT2D eigenvalue weighted by molar-refractivity contribution is 5.67. The van der Waals surface area contributed by atoms with E-state index in [4.69, 9.17) is 9.72 Å². The van der Waals surface area contributed by atoms with E-state index in [9.17, 15) is 0 Å². The minimum Gasteiger partial charge on any atom is -0.497 e. The molecule has 0 saturated carbocycles. The molecule has 0 bridgehead atoms. The van der Waals surface area contributed by atoms with Crippen LogP contribution in [0.4, 0.5) is 5.82 Å². The van der Waals surface area contributed by atoms with Crippen LogP contribution < -0.4 is 10.1 Å². The molecular weight excluding hydrogens is 262 g/mol. The van der Waals surface area contributed by atoms with Crippen LogP contribution >= 0.6 is 0 Å². The highest BCUT2D eigenvalue weighted by Gasteiger charge is 2.11. The van der Waals surface area contributed by atoms with Gasteiger partial charge in [0.05, 0.1) is 12.8 Å². The number of hydrogen-bond donors (Lipinski definition) is 1. The molecule has 1 aromatic heterocycles. The lowest BCUT2D eigenvalue weighted by molar-refractivity contribution is 0.414. The largest absolute Gasteiger partial charge is 0.497 e. The van der Waals surface area contributed by atoms with Gasteiger partial charge in [0, 0.05) is 24.1 Å². The number of aromatic nitrogens is 2. The third kappa shape index (κ3) is 3.51. The van der Waals surface area contributed by atoms with Gasteiger partial charge in [0.2, 0.25) is 0 Å². The van der Waals surface area contributed by atoms with Crippen molar-refractivity contribution in [1.82, 2.24) is 9.97 Å². The summed E-state index contributed by atoms with van der Waals surface area (Å²) in [5, 5.41) is 3.28. The van der Waals surface area contributed by atoms with Gasteiger partial charge in [-0.15, -0.1) is 0 Å². The van der Waals surface area contributed by atoms with E-state index in [0.717, 1.165) is 40.8 Å². The molecule has 0 unspecified atom stereocenters. The summed E-state index contributed by atoms with van der Waals surface area (Å²) >= 11 is 0. The quantitative estimate of drug-likeness (QED) is 0.901. The molecule has 0 aliphatic rings. The lowest BCUT2D eigenvalue weighted by atomic mass is 10.0. The van der Waals surface area contributed by atoms with Crippen LogP contribution in [0.2, 0.25) is 0 Å². The number of rotatable bonds is 5. The fraction of sp³-hybridized carbons (Fsp3) is 0.412. The van der Waals surface area contributed by atoms with Crippen molar-refractivity contribution in [1.29, 1.82) is 0 Å². The molecule has 0 atom stereocenters. The zero-order chi connectivity index (χ0) is 15.4. The lowest BCUT2D eigenvalue weighted by Crippen LogP contribution is -2.06. The average molecular weight is 285 g/mol. The zero-order valence-corrected chi connectivity index (χ0v) is 13.4. The topological polar surface area (TPSA) is 47.0 Å². The van der Waals surface area contributed by atoms with Crippen molar-refractivity contribution in [3.05, 3.63) is 35.7 Å².